The van der Waals surface area contributed by atoms with Crippen LogP contribution >= 0.6 is 0 Å². The van der Waals surface area contributed by atoms with Crippen LogP contribution in [-0.4, -0.2) is 32.8 Å². The molecule has 8 heteroatoms. The molecule has 0 amide bonds. The first-order valence-electron chi connectivity index (χ1n) is 7.69. The van der Waals surface area contributed by atoms with E-state index in [2.05, 4.69) is 0 Å². The molecule has 0 aromatic heterocycles. The zero-order valence-electron chi connectivity index (χ0n) is 13.8. The summed E-state index contributed by atoms with van der Waals surface area (Å²) in [5.74, 6) is 0.601. The smallest absolute Gasteiger partial charge is 0.490 e. The molecular weight excluding hydrogens is 317 g/mol. The Bertz CT molecular complexity index is 711. The lowest BCUT2D eigenvalue weighted by atomic mass is 9.79. The molecule has 126 valence electrons. The highest BCUT2D eigenvalue weighted by Crippen LogP contribution is 2.37. The van der Waals surface area contributed by atoms with Crippen LogP contribution in [0, 0.1) is 0 Å². The third-order valence-electron chi connectivity index (χ3n) is 4.62. The van der Waals surface area contributed by atoms with Gasteiger partial charge in [-0.25, -0.2) is 13.6 Å². The molecule has 0 unspecified atom stereocenters. The standard InChI is InChI=1S/C15H22BNO5S/c1-14(2)15(3,4)22-16(21-14)12-9-11(20-10-5-6-10)7-8-13(12)23(17,18)19/h7-10H,5-6H2,1-4H3,(H2,17,18,19). The Hall–Kier alpha value is -1.09. The van der Waals surface area contributed by atoms with Crippen LogP contribution in [0.2, 0.25) is 0 Å². The van der Waals surface area contributed by atoms with Gasteiger partial charge in [0.2, 0.25) is 10.0 Å². The molecule has 0 bridgehead atoms. The van der Waals surface area contributed by atoms with Crippen molar-refractivity contribution in [1.29, 1.82) is 0 Å². The van der Waals surface area contributed by atoms with Crippen LogP contribution in [0.25, 0.3) is 0 Å². The second-order valence-corrected chi connectivity index (χ2v) is 8.68. The number of hydrogen-bond donors (Lipinski definition) is 1. The Morgan fingerprint density at radius 1 is 1.17 bits per heavy atom. The van der Waals surface area contributed by atoms with Gasteiger partial charge in [-0.05, 0) is 58.7 Å². The molecule has 2 fully saturated rings. The Labute approximate surface area is 137 Å². The molecule has 6 nitrogen and oxygen atoms in total. The first kappa shape index (κ1) is 16.8. The first-order valence-corrected chi connectivity index (χ1v) is 9.23. The van der Waals surface area contributed by atoms with Crippen LogP contribution in [0.5, 0.6) is 5.75 Å². The predicted octanol–water partition coefficient (Wildman–Crippen LogP) is 1.17. The fourth-order valence-corrected chi connectivity index (χ4v) is 3.13. The van der Waals surface area contributed by atoms with Crippen molar-refractivity contribution in [2.45, 2.75) is 62.7 Å². The summed E-state index contributed by atoms with van der Waals surface area (Å²) in [6, 6.07) is 4.72. The lowest BCUT2D eigenvalue weighted by molar-refractivity contribution is 0.00578. The van der Waals surface area contributed by atoms with Gasteiger partial charge in [-0.3, -0.25) is 0 Å². The van der Waals surface area contributed by atoms with Gasteiger partial charge >= 0.3 is 7.12 Å². The van der Waals surface area contributed by atoms with Crippen molar-refractivity contribution in [1.82, 2.24) is 0 Å². The van der Waals surface area contributed by atoms with E-state index in [1.165, 1.54) is 6.07 Å². The highest BCUT2D eigenvalue weighted by Gasteiger charge is 2.52. The van der Waals surface area contributed by atoms with Crippen molar-refractivity contribution in [2.24, 2.45) is 5.14 Å². The van der Waals surface area contributed by atoms with E-state index in [9.17, 15) is 8.42 Å². The number of hydrogen-bond acceptors (Lipinski definition) is 5. The molecule has 2 N–H and O–H groups in total. The second kappa shape index (κ2) is 5.21. The molecule has 1 aromatic carbocycles. The topological polar surface area (TPSA) is 87.9 Å². The fraction of sp³-hybridized carbons (Fsp3) is 0.600. The van der Waals surface area contributed by atoms with Gasteiger partial charge in [0.25, 0.3) is 0 Å². The summed E-state index contributed by atoms with van der Waals surface area (Å²) >= 11 is 0. The summed E-state index contributed by atoms with van der Waals surface area (Å²) in [7, 11) is -4.70. The molecular formula is C15H22BNO5S. The summed E-state index contributed by atoms with van der Waals surface area (Å²) in [6.07, 6.45) is 2.24. The minimum atomic E-state index is -3.89. The van der Waals surface area contributed by atoms with E-state index in [0.717, 1.165) is 12.8 Å². The van der Waals surface area contributed by atoms with E-state index < -0.39 is 28.3 Å². The number of rotatable bonds is 4. The normalized spacial score (nSPS) is 23.1. The predicted molar refractivity (Wildman–Crippen MR) is 87.2 cm³/mol. The molecule has 1 aliphatic heterocycles. The molecule has 3 rings (SSSR count). The minimum absolute atomic E-state index is 0.000790. The van der Waals surface area contributed by atoms with Crippen LogP contribution in [0.3, 0.4) is 0 Å². The van der Waals surface area contributed by atoms with E-state index in [1.54, 1.807) is 12.1 Å². The average molecular weight is 339 g/mol. The second-order valence-electron chi connectivity index (χ2n) is 7.15. The van der Waals surface area contributed by atoms with Gasteiger partial charge in [-0.15, -0.1) is 0 Å². The van der Waals surface area contributed by atoms with Gasteiger partial charge in [0, 0.05) is 5.46 Å². The molecule has 1 saturated heterocycles. The zero-order valence-corrected chi connectivity index (χ0v) is 14.6. The monoisotopic (exact) mass is 339 g/mol. The number of nitrogens with two attached hydrogens (primary N) is 1. The number of primary sulfonamides is 1. The third kappa shape index (κ3) is 3.26. The first-order chi connectivity index (χ1) is 10.5. The molecule has 1 aliphatic carbocycles. The van der Waals surface area contributed by atoms with Crippen molar-refractivity contribution in [3.63, 3.8) is 0 Å². The van der Waals surface area contributed by atoms with Crippen LogP contribution in [-0.2, 0) is 19.3 Å². The van der Waals surface area contributed by atoms with Crippen molar-refractivity contribution < 1.29 is 22.5 Å². The summed E-state index contributed by atoms with van der Waals surface area (Å²) in [4.78, 5) is -0.000790. The van der Waals surface area contributed by atoms with E-state index in [-0.39, 0.29) is 11.0 Å². The number of sulfonamides is 1. The lowest BCUT2D eigenvalue weighted by Crippen LogP contribution is -2.41. The maximum Gasteiger partial charge on any atom is 0.496 e. The van der Waals surface area contributed by atoms with Crippen molar-refractivity contribution >= 4 is 22.6 Å². The Morgan fingerprint density at radius 2 is 1.74 bits per heavy atom. The zero-order chi connectivity index (χ0) is 17.0. The molecule has 1 aromatic rings. The maximum atomic E-state index is 11.9. The molecule has 0 atom stereocenters. The van der Waals surface area contributed by atoms with Crippen molar-refractivity contribution in [3.8, 4) is 5.75 Å². The molecule has 0 spiro atoms. The summed E-state index contributed by atoms with van der Waals surface area (Å²) < 4.78 is 41.5. The van der Waals surface area contributed by atoms with Crippen LogP contribution in [0.4, 0.5) is 0 Å². The largest absolute Gasteiger partial charge is 0.496 e. The summed E-state index contributed by atoms with van der Waals surface area (Å²) in [5, 5.41) is 5.34. The maximum absolute atomic E-state index is 11.9. The highest BCUT2D eigenvalue weighted by molar-refractivity contribution is 7.89. The number of benzene rings is 1. The van der Waals surface area contributed by atoms with E-state index >= 15 is 0 Å². The van der Waals surface area contributed by atoms with E-state index in [1.807, 2.05) is 27.7 Å². The third-order valence-corrected chi connectivity index (χ3v) is 5.61. The van der Waals surface area contributed by atoms with Crippen molar-refractivity contribution in [2.75, 3.05) is 0 Å². The van der Waals surface area contributed by atoms with Gasteiger partial charge in [0.15, 0.2) is 0 Å². The molecule has 23 heavy (non-hydrogen) atoms. The Morgan fingerprint density at radius 3 is 2.22 bits per heavy atom. The fourth-order valence-electron chi connectivity index (χ4n) is 2.39. The molecule has 0 radical (unpaired) electrons. The van der Waals surface area contributed by atoms with Gasteiger partial charge in [0.05, 0.1) is 22.2 Å². The molecule has 2 aliphatic rings. The Kier molecular flexibility index (Phi) is 3.79. The lowest BCUT2D eigenvalue weighted by Gasteiger charge is -2.32. The average Bonchev–Trinajstić information content (AvgIpc) is 3.16. The van der Waals surface area contributed by atoms with Crippen LogP contribution in [0.15, 0.2) is 23.1 Å². The summed E-state index contributed by atoms with van der Waals surface area (Å²) in [6.45, 7) is 7.64. The van der Waals surface area contributed by atoms with Gasteiger partial charge in [-0.1, -0.05) is 0 Å². The van der Waals surface area contributed by atoms with Gasteiger partial charge < -0.3 is 14.0 Å². The van der Waals surface area contributed by atoms with Crippen LogP contribution < -0.4 is 15.3 Å². The molecule has 1 saturated carbocycles. The van der Waals surface area contributed by atoms with Gasteiger partial charge in [0.1, 0.15) is 5.75 Å². The quantitative estimate of drug-likeness (QED) is 0.832. The van der Waals surface area contributed by atoms with Gasteiger partial charge in [-0.2, -0.15) is 0 Å². The van der Waals surface area contributed by atoms with E-state index in [0.29, 0.717) is 11.2 Å². The highest BCUT2D eigenvalue weighted by atomic mass is 32.2. The van der Waals surface area contributed by atoms with Crippen LogP contribution in [0.1, 0.15) is 40.5 Å². The SMILES string of the molecule is CC1(C)OB(c2cc(OC3CC3)ccc2S(N)(=O)=O)OC1(C)C. The summed E-state index contributed by atoms with van der Waals surface area (Å²) in [5.41, 5.74) is -0.759. The number of ether oxygens (including phenoxy) is 1. The van der Waals surface area contributed by atoms with E-state index in [4.69, 9.17) is 19.2 Å². The molecule has 1 heterocycles. The van der Waals surface area contributed by atoms with Crippen molar-refractivity contribution in [3.05, 3.63) is 18.2 Å². The minimum Gasteiger partial charge on any atom is -0.490 e. The Balaban J connectivity index is 2.01.